The summed E-state index contributed by atoms with van der Waals surface area (Å²) >= 11 is 0. The van der Waals surface area contributed by atoms with Gasteiger partial charge in [0.15, 0.2) is 0 Å². The molecule has 2 aromatic rings. The Hall–Kier alpha value is -3.49. The number of hydrogen-bond donors (Lipinski definition) is 0. The largest absolute Gasteiger partial charge is 0.496 e. The Morgan fingerprint density at radius 1 is 1.26 bits per heavy atom. The molecule has 0 unspecified atom stereocenters. The third-order valence-corrected chi connectivity index (χ3v) is 4.09. The minimum Gasteiger partial charge on any atom is -0.496 e. The average molecular weight is 375 g/mol. The number of nitro benzene ring substituents is 1. The third kappa shape index (κ3) is 3.71. The zero-order valence-electron chi connectivity index (χ0n) is 14.1. The number of carbonyl (C=O) groups is 2. The molecule has 1 saturated heterocycles. The Kier molecular flexibility index (Phi) is 5.02. The normalized spacial score (nSPS) is 18.7. The van der Waals surface area contributed by atoms with Crippen molar-refractivity contribution < 1.29 is 33.1 Å². The van der Waals surface area contributed by atoms with Crippen LogP contribution < -0.4 is 9.47 Å². The molecule has 0 saturated carbocycles. The first kappa shape index (κ1) is 18.3. The molecule has 2 atom stereocenters. The maximum Gasteiger partial charge on any atom is 0.319 e. The van der Waals surface area contributed by atoms with Crippen molar-refractivity contribution in [1.82, 2.24) is 0 Å². The van der Waals surface area contributed by atoms with Crippen molar-refractivity contribution in [1.29, 1.82) is 0 Å². The smallest absolute Gasteiger partial charge is 0.319 e. The van der Waals surface area contributed by atoms with Crippen molar-refractivity contribution in [3.05, 3.63) is 64.0 Å². The fraction of sp³-hybridized carbons (Fsp3) is 0.222. The number of methoxy groups -OCH3 is 1. The van der Waals surface area contributed by atoms with Crippen molar-refractivity contribution in [2.24, 2.45) is 5.92 Å². The van der Waals surface area contributed by atoms with Gasteiger partial charge in [0.05, 0.1) is 18.5 Å². The second-order valence-corrected chi connectivity index (χ2v) is 5.75. The molecule has 8 nitrogen and oxygen atoms in total. The molecule has 27 heavy (non-hydrogen) atoms. The Bertz CT molecular complexity index is 914. The molecule has 0 N–H and O–H groups in total. The molecule has 1 aliphatic rings. The number of ether oxygens (including phenoxy) is 3. The van der Waals surface area contributed by atoms with Gasteiger partial charge < -0.3 is 14.2 Å². The molecule has 0 bridgehead atoms. The SMILES string of the molecule is COc1ccccc1[C@@H]1OC(=O)C[C@@H]1C(=O)Oc1cc(F)ccc1[N+](=O)[O-]. The Morgan fingerprint density at radius 2 is 2.00 bits per heavy atom. The van der Waals surface area contributed by atoms with E-state index in [1.54, 1.807) is 24.3 Å². The van der Waals surface area contributed by atoms with Crippen LogP contribution in [-0.2, 0) is 14.3 Å². The number of cyclic esters (lactones) is 1. The van der Waals surface area contributed by atoms with Crippen LogP contribution in [0.2, 0.25) is 0 Å². The van der Waals surface area contributed by atoms with Crippen LogP contribution in [0, 0.1) is 21.8 Å². The van der Waals surface area contributed by atoms with E-state index < -0.39 is 46.1 Å². The summed E-state index contributed by atoms with van der Waals surface area (Å²) in [6.07, 6.45) is -1.25. The number of nitro groups is 1. The number of carbonyl (C=O) groups excluding carboxylic acids is 2. The van der Waals surface area contributed by atoms with E-state index in [1.165, 1.54) is 7.11 Å². The van der Waals surface area contributed by atoms with Crippen molar-refractivity contribution in [3.63, 3.8) is 0 Å². The van der Waals surface area contributed by atoms with Gasteiger partial charge in [-0.1, -0.05) is 18.2 Å². The highest BCUT2D eigenvalue weighted by atomic mass is 19.1. The molecule has 0 aliphatic carbocycles. The van der Waals surface area contributed by atoms with Crippen LogP contribution in [0.25, 0.3) is 0 Å². The molecule has 0 spiro atoms. The van der Waals surface area contributed by atoms with E-state index in [4.69, 9.17) is 14.2 Å². The van der Waals surface area contributed by atoms with Crippen LogP contribution in [0.5, 0.6) is 11.5 Å². The Labute approximate surface area is 152 Å². The Balaban J connectivity index is 1.91. The molecule has 0 amide bonds. The molecular weight excluding hydrogens is 361 g/mol. The van der Waals surface area contributed by atoms with Crippen LogP contribution in [0.4, 0.5) is 10.1 Å². The van der Waals surface area contributed by atoms with Crippen LogP contribution >= 0.6 is 0 Å². The van der Waals surface area contributed by atoms with Gasteiger partial charge in [0.2, 0.25) is 5.75 Å². The summed E-state index contributed by atoms with van der Waals surface area (Å²) in [5, 5.41) is 11.1. The highest BCUT2D eigenvalue weighted by Crippen LogP contribution is 2.41. The first-order valence-electron chi connectivity index (χ1n) is 7.88. The summed E-state index contributed by atoms with van der Waals surface area (Å²) in [7, 11) is 1.43. The van der Waals surface area contributed by atoms with Gasteiger partial charge >= 0.3 is 17.6 Å². The van der Waals surface area contributed by atoms with E-state index in [-0.39, 0.29) is 6.42 Å². The molecule has 2 aromatic carbocycles. The molecule has 1 heterocycles. The average Bonchev–Trinajstić information content (AvgIpc) is 3.03. The van der Waals surface area contributed by atoms with E-state index in [0.29, 0.717) is 11.3 Å². The van der Waals surface area contributed by atoms with Gasteiger partial charge in [0.25, 0.3) is 0 Å². The number of halogens is 1. The highest BCUT2D eigenvalue weighted by Gasteiger charge is 2.43. The fourth-order valence-electron chi connectivity index (χ4n) is 2.85. The second-order valence-electron chi connectivity index (χ2n) is 5.75. The lowest BCUT2D eigenvalue weighted by molar-refractivity contribution is -0.385. The number of hydrogen-bond acceptors (Lipinski definition) is 7. The fourth-order valence-corrected chi connectivity index (χ4v) is 2.85. The van der Waals surface area contributed by atoms with Gasteiger partial charge in [-0.05, 0) is 12.1 Å². The molecule has 1 fully saturated rings. The van der Waals surface area contributed by atoms with E-state index in [9.17, 15) is 24.1 Å². The third-order valence-electron chi connectivity index (χ3n) is 4.09. The Morgan fingerprint density at radius 3 is 2.70 bits per heavy atom. The minimum atomic E-state index is -1.06. The number of benzene rings is 2. The zero-order chi connectivity index (χ0) is 19.6. The highest BCUT2D eigenvalue weighted by molar-refractivity contribution is 5.85. The number of rotatable bonds is 5. The van der Waals surface area contributed by atoms with Crippen molar-refractivity contribution in [2.45, 2.75) is 12.5 Å². The quantitative estimate of drug-likeness (QED) is 0.342. The predicted octanol–water partition coefficient (Wildman–Crippen LogP) is 2.95. The summed E-state index contributed by atoms with van der Waals surface area (Å²) in [4.78, 5) is 34.6. The molecular formula is C18H14FNO7. The van der Waals surface area contributed by atoms with Crippen molar-refractivity contribution in [3.8, 4) is 11.5 Å². The lowest BCUT2D eigenvalue weighted by atomic mass is 9.94. The van der Waals surface area contributed by atoms with Crippen LogP contribution in [0.1, 0.15) is 18.1 Å². The summed E-state index contributed by atoms with van der Waals surface area (Å²) in [5.41, 5.74) is -0.106. The van der Waals surface area contributed by atoms with Gasteiger partial charge in [-0.2, -0.15) is 0 Å². The maximum atomic E-state index is 13.4. The molecule has 0 aromatic heterocycles. The summed E-state index contributed by atoms with van der Waals surface area (Å²) in [6, 6.07) is 9.19. The topological polar surface area (TPSA) is 105 Å². The monoisotopic (exact) mass is 375 g/mol. The number of esters is 2. The molecule has 140 valence electrons. The van der Waals surface area contributed by atoms with Gasteiger partial charge in [-0.25, -0.2) is 4.39 Å². The summed E-state index contributed by atoms with van der Waals surface area (Å²) < 4.78 is 28.9. The van der Waals surface area contributed by atoms with Crippen LogP contribution in [0.3, 0.4) is 0 Å². The van der Waals surface area contributed by atoms with Crippen molar-refractivity contribution >= 4 is 17.6 Å². The number of nitrogens with zero attached hydrogens (tertiary/aromatic N) is 1. The van der Waals surface area contributed by atoms with Crippen molar-refractivity contribution in [2.75, 3.05) is 7.11 Å². The zero-order valence-corrected chi connectivity index (χ0v) is 14.1. The first-order valence-corrected chi connectivity index (χ1v) is 7.88. The standard InChI is InChI=1S/C18H14FNO7/c1-25-14-5-3-2-4-11(14)17-12(9-16(21)27-17)18(22)26-15-8-10(19)6-7-13(15)20(23)24/h2-8,12,17H,9H2,1H3/t12-,17-/m0/s1. The molecule has 3 rings (SSSR count). The van der Waals surface area contributed by atoms with Gasteiger partial charge in [-0.3, -0.25) is 19.7 Å². The van der Waals surface area contributed by atoms with E-state index in [1.807, 2.05) is 0 Å². The lowest BCUT2D eigenvalue weighted by Crippen LogP contribution is -2.24. The summed E-state index contributed by atoms with van der Waals surface area (Å²) in [6.45, 7) is 0. The molecule has 9 heteroatoms. The maximum absolute atomic E-state index is 13.4. The summed E-state index contributed by atoms with van der Waals surface area (Å²) in [5.74, 6) is -3.55. The van der Waals surface area contributed by atoms with Gasteiger partial charge in [0, 0.05) is 17.7 Å². The number of para-hydroxylation sites is 1. The van der Waals surface area contributed by atoms with Gasteiger partial charge in [-0.15, -0.1) is 0 Å². The molecule has 0 radical (unpaired) electrons. The van der Waals surface area contributed by atoms with Crippen LogP contribution in [-0.4, -0.2) is 24.0 Å². The van der Waals surface area contributed by atoms with E-state index in [2.05, 4.69) is 0 Å². The van der Waals surface area contributed by atoms with E-state index in [0.717, 1.165) is 18.2 Å². The first-order chi connectivity index (χ1) is 12.9. The lowest BCUT2D eigenvalue weighted by Gasteiger charge is -2.19. The van der Waals surface area contributed by atoms with Gasteiger partial charge in [0.1, 0.15) is 23.6 Å². The van der Waals surface area contributed by atoms with E-state index >= 15 is 0 Å². The van der Waals surface area contributed by atoms with Crippen LogP contribution in [0.15, 0.2) is 42.5 Å². The minimum absolute atomic E-state index is 0.273. The second kappa shape index (κ2) is 7.40. The molecule has 1 aliphatic heterocycles. The predicted molar refractivity (Wildman–Crippen MR) is 88.6 cm³/mol.